The van der Waals surface area contributed by atoms with Crippen LogP contribution < -0.4 is 5.32 Å². The maximum atomic E-state index is 13.2. The highest BCUT2D eigenvalue weighted by Gasteiger charge is 2.21. The van der Waals surface area contributed by atoms with Gasteiger partial charge in [0.2, 0.25) is 5.95 Å². The zero-order valence-electron chi connectivity index (χ0n) is 17.0. The van der Waals surface area contributed by atoms with Crippen molar-refractivity contribution in [2.24, 2.45) is 0 Å². The average molecular weight is 397 g/mol. The number of hydrogen-bond acceptors (Lipinski definition) is 5. The van der Waals surface area contributed by atoms with Gasteiger partial charge in [0, 0.05) is 30.4 Å². The number of nitrogens with zero attached hydrogens (tertiary/aromatic N) is 4. The lowest BCUT2D eigenvalue weighted by atomic mass is 10.1. The molecule has 0 fully saturated rings. The molecule has 2 aromatic carbocycles. The van der Waals surface area contributed by atoms with Crippen LogP contribution in [0.25, 0.3) is 10.9 Å². The fourth-order valence-corrected chi connectivity index (χ4v) is 3.28. The molecule has 0 spiro atoms. The molecule has 6 nitrogen and oxygen atoms in total. The largest absolute Gasteiger partial charge is 0.331 e. The van der Waals surface area contributed by atoms with E-state index in [4.69, 9.17) is 0 Å². The zero-order chi connectivity index (χ0) is 20.9. The van der Waals surface area contributed by atoms with Crippen molar-refractivity contribution in [3.05, 3.63) is 90.4 Å². The summed E-state index contributed by atoms with van der Waals surface area (Å²) in [5.74, 6) is 0.234. The molecular weight excluding hydrogens is 374 g/mol. The van der Waals surface area contributed by atoms with Crippen LogP contribution in [0.3, 0.4) is 0 Å². The van der Waals surface area contributed by atoms with Crippen LogP contribution in [0.4, 0.5) is 11.6 Å². The number of fused-ring (bicyclic) bond motifs is 1. The Morgan fingerprint density at radius 1 is 0.933 bits per heavy atom. The lowest BCUT2D eigenvalue weighted by Crippen LogP contribution is -2.37. The van der Waals surface area contributed by atoms with Crippen molar-refractivity contribution in [1.29, 1.82) is 0 Å². The van der Waals surface area contributed by atoms with Crippen LogP contribution >= 0.6 is 0 Å². The summed E-state index contributed by atoms with van der Waals surface area (Å²) in [5, 5.41) is 4.22. The van der Waals surface area contributed by atoms with Gasteiger partial charge in [0.15, 0.2) is 0 Å². The summed E-state index contributed by atoms with van der Waals surface area (Å²) >= 11 is 0. The van der Waals surface area contributed by atoms with E-state index in [0.29, 0.717) is 18.2 Å². The summed E-state index contributed by atoms with van der Waals surface area (Å²) in [5.41, 5.74) is 3.05. The maximum Gasteiger partial charge on any atom is 0.273 e. The van der Waals surface area contributed by atoms with Gasteiger partial charge in [-0.05, 0) is 37.6 Å². The van der Waals surface area contributed by atoms with Crippen molar-refractivity contribution in [1.82, 2.24) is 19.9 Å². The van der Waals surface area contributed by atoms with Crippen molar-refractivity contribution >= 4 is 28.4 Å². The molecule has 2 heterocycles. The first-order valence-electron chi connectivity index (χ1n) is 9.90. The fourth-order valence-electron chi connectivity index (χ4n) is 3.28. The molecule has 0 saturated heterocycles. The predicted octanol–water partition coefficient (Wildman–Crippen LogP) is 4.82. The quantitative estimate of drug-likeness (QED) is 0.505. The number of nitrogens with one attached hydrogen (secondary N) is 1. The van der Waals surface area contributed by atoms with Crippen molar-refractivity contribution < 1.29 is 4.79 Å². The third-order valence-corrected chi connectivity index (χ3v) is 4.83. The summed E-state index contributed by atoms with van der Waals surface area (Å²) in [6.45, 7) is 4.53. The van der Waals surface area contributed by atoms with E-state index in [-0.39, 0.29) is 11.9 Å². The minimum atomic E-state index is -0.129. The standard InChI is InChI=1S/C24H23N5O/c1-17(2)29(16-18-8-4-3-5-9-18)23(30)21-13-15-26-24(28-21)27-20-12-6-10-19-11-7-14-25-22(19)20/h3-15,17H,16H2,1-2H3,(H,26,27,28). The first-order valence-corrected chi connectivity index (χ1v) is 9.90. The van der Waals surface area contributed by atoms with E-state index in [1.54, 1.807) is 23.4 Å². The second-order valence-electron chi connectivity index (χ2n) is 7.28. The van der Waals surface area contributed by atoms with Crippen LogP contribution in [0, 0.1) is 0 Å². The molecule has 1 amide bonds. The molecule has 6 heteroatoms. The van der Waals surface area contributed by atoms with E-state index in [9.17, 15) is 4.79 Å². The van der Waals surface area contributed by atoms with E-state index in [0.717, 1.165) is 22.2 Å². The maximum absolute atomic E-state index is 13.2. The highest BCUT2D eigenvalue weighted by atomic mass is 16.2. The number of hydrogen-bond donors (Lipinski definition) is 1. The first-order chi connectivity index (χ1) is 14.6. The van der Waals surface area contributed by atoms with E-state index in [2.05, 4.69) is 20.3 Å². The molecule has 30 heavy (non-hydrogen) atoms. The number of amides is 1. The number of rotatable bonds is 6. The average Bonchev–Trinajstić information content (AvgIpc) is 2.78. The molecule has 0 unspecified atom stereocenters. The highest BCUT2D eigenvalue weighted by Crippen LogP contribution is 2.23. The number of benzene rings is 2. The van der Waals surface area contributed by atoms with Crippen molar-refractivity contribution in [2.45, 2.75) is 26.4 Å². The molecular formula is C24H23N5O. The highest BCUT2D eigenvalue weighted by molar-refractivity contribution is 5.93. The fraction of sp³-hybridized carbons (Fsp3) is 0.167. The molecule has 4 aromatic rings. The lowest BCUT2D eigenvalue weighted by molar-refractivity contribution is 0.0684. The summed E-state index contributed by atoms with van der Waals surface area (Å²) in [7, 11) is 0. The molecule has 0 aliphatic carbocycles. The Labute approximate surface area is 175 Å². The van der Waals surface area contributed by atoms with Gasteiger partial charge in [0.05, 0.1) is 11.2 Å². The van der Waals surface area contributed by atoms with Gasteiger partial charge in [-0.15, -0.1) is 0 Å². The van der Waals surface area contributed by atoms with Crippen LogP contribution in [0.1, 0.15) is 29.9 Å². The molecule has 0 radical (unpaired) electrons. The predicted molar refractivity (Wildman–Crippen MR) is 119 cm³/mol. The van der Waals surface area contributed by atoms with E-state index >= 15 is 0 Å². The Morgan fingerprint density at radius 3 is 2.53 bits per heavy atom. The van der Waals surface area contributed by atoms with Crippen molar-refractivity contribution in [3.8, 4) is 0 Å². The Bertz CT molecular complexity index is 1160. The Balaban J connectivity index is 1.59. The number of pyridine rings is 1. The Kier molecular flexibility index (Phi) is 5.66. The van der Waals surface area contributed by atoms with Crippen LogP contribution in [-0.4, -0.2) is 31.8 Å². The minimum Gasteiger partial charge on any atom is -0.331 e. The third kappa shape index (κ3) is 4.27. The summed E-state index contributed by atoms with van der Waals surface area (Å²) in [6, 6.07) is 21.4. The van der Waals surface area contributed by atoms with Gasteiger partial charge >= 0.3 is 0 Å². The first kappa shape index (κ1) is 19.5. The van der Waals surface area contributed by atoms with Crippen molar-refractivity contribution in [2.75, 3.05) is 5.32 Å². The van der Waals surface area contributed by atoms with Crippen LogP contribution in [-0.2, 0) is 6.54 Å². The Morgan fingerprint density at radius 2 is 1.73 bits per heavy atom. The number of carbonyl (C=O) groups excluding carboxylic acids is 1. The summed E-state index contributed by atoms with van der Waals surface area (Å²) in [6.07, 6.45) is 3.35. The summed E-state index contributed by atoms with van der Waals surface area (Å²) < 4.78 is 0. The van der Waals surface area contributed by atoms with Gasteiger partial charge in [-0.25, -0.2) is 9.97 Å². The zero-order valence-corrected chi connectivity index (χ0v) is 17.0. The van der Waals surface area contributed by atoms with Gasteiger partial charge in [0.1, 0.15) is 5.69 Å². The molecule has 0 aliphatic heterocycles. The number of para-hydroxylation sites is 1. The molecule has 4 rings (SSSR count). The smallest absolute Gasteiger partial charge is 0.273 e. The van der Waals surface area contributed by atoms with Crippen LogP contribution in [0.2, 0.25) is 0 Å². The molecule has 0 atom stereocenters. The summed E-state index contributed by atoms with van der Waals surface area (Å²) in [4.78, 5) is 28.2. The van der Waals surface area contributed by atoms with E-state index < -0.39 is 0 Å². The minimum absolute atomic E-state index is 0.0337. The second kappa shape index (κ2) is 8.69. The van der Waals surface area contributed by atoms with E-state index in [1.165, 1.54) is 0 Å². The number of aromatic nitrogens is 3. The van der Waals surface area contributed by atoms with Gasteiger partial charge in [-0.2, -0.15) is 0 Å². The SMILES string of the molecule is CC(C)N(Cc1ccccc1)C(=O)c1ccnc(Nc2cccc3cccnc23)n1. The van der Waals surface area contributed by atoms with Gasteiger partial charge in [0.25, 0.3) is 5.91 Å². The molecule has 0 saturated carbocycles. The van der Waals surface area contributed by atoms with Crippen LogP contribution in [0.15, 0.2) is 79.1 Å². The number of carbonyl (C=O) groups is 1. The van der Waals surface area contributed by atoms with Crippen molar-refractivity contribution in [3.63, 3.8) is 0 Å². The lowest BCUT2D eigenvalue weighted by Gasteiger charge is -2.26. The van der Waals surface area contributed by atoms with Gasteiger partial charge in [-0.1, -0.05) is 48.5 Å². The Hall–Kier alpha value is -3.80. The molecule has 2 aromatic heterocycles. The normalized spacial score (nSPS) is 10.9. The third-order valence-electron chi connectivity index (χ3n) is 4.83. The molecule has 0 aliphatic rings. The second-order valence-corrected chi connectivity index (χ2v) is 7.28. The molecule has 0 bridgehead atoms. The monoisotopic (exact) mass is 397 g/mol. The van der Waals surface area contributed by atoms with Crippen LogP contribution in [0.5, 0.6) is 0 Å². The van der Waals surface area contributed by atoms with Gasteiger partial charge < -0.3 is 10.2 Å². The topological polar surface area (TPSA) is 71.0 Å². The molecule has 150 valence electrons. The van der Waals surface area contributed by atoms with Gasteiger partial charge in [-0.3, -0.25) is 9.78 Å². The molecule has 1 N–H and O–H groups in total. The van der Waals surface area contributed by atoms with E-state index in [1.807, 2.05) is 74.5 Å². The number of anilines is 2.